The maximum Gasteiger partial charge on any atom is 0.120 e. The molecule has 4 rings (SSSR count). The number of ether oxygens (including phenoxy) is 1. The molecule has 2 bridgehead atoms. The van der Waals surface area contributed by atoms with Gasteiger partial charge in [0.2, 0.25) is 0 Å². The van der Waals surface area contributed by atoms with Crippen molar-refractivity contribution in [2.24, 2.45) is 29.6 Å². The van der Waals surface area contributed by atoms with Gasteiger partial charge in [-0.25, -0.2) is 0 Å². The van der Waals surface area contributed by atoms with Gasteiger partial charge < -0.3 is 10.1 Å². The van der Waals surface area contributed by atoms with Gasteiger partial charge in [0, 0.05) is 10.5 Å². The van der Waals surface area contributed by atoms with E-state index in [0.29, 0.717) is 6.04 Å². The van der Waals surface area contributed by atoms with Gasteiger partial charge >= 0.3 is 0 Å². The molecule has 0 radical (unpaired) electrons. The molecule has 1 aromatic carbocycles. The molecule has 0 heterocycles. The van der Waals surface area contributed by atoms with Crippen LogP contribution in [0.1, 0.15) is 37.8 Å². The van der Waals surface area contributed by atoms with E-state index in [1.807, 2.05) is 6.92 Å². The average Bonchev–Trinajstić information content (AvgIpc) is 2.89. The number of halogens is 1. The fraction of sp³-hybridized carbons (Fsp3) is 0.667. The lowest BCUT2D eigenvalue weighted by Crippen LogP contribution is -2.22. The summed E-state index contributed by atoms with van der Waals surface area (Å²) in [4.78, 5) is 0. The Balaban J connectivity index is 1.57. The SMILES string of the molecule is CCOc1ccc(C(NC)C2C3C4CCC(C4)C32)c(Br)c1. The molecule has 3 aliphatic rings. The van der Waals surface area contributed by atoms with E-state index >= 15 is 0 Å². The third-order valence-corrected chi connectivity index (χ3v) is 6.80. The van der Waals surface area contributed by atoms with Crippen LogP contribution in [-0.4, -0.2) is 13.7 Å². The minimum absolute atomic E-state index is 0.494. The predicted octanol–water partition coefficient (Wildman–Crippen LogP) is 4.40. The lowest BCUT2D eigenvalue weighted by atomic mass is 9.93. The summed E-state index contributed by atoms with van der Waals surface area (Å²) < 4.78 is 6.78. The van der Waals surface area contributed by atoms with Crippen LogP contribution in [0, 0.1) is 29.6 Å². The van der Waals surface area contributed by atoms with Crippen molar-refractivity contribution >= 4 is 15.9 Å². The van der Waals surface area contributed by atoms with Crippen LogP contribution in [0.5, 0.6) is 5.75 Å². The molecule has 1 N–H and O–H groups in total. The summed E-state index contributed by atoms with van der Waals surface area (Å²) in [7, 11) is 2.11. The molecule has 0 aromatic heterocycles. The number of fused-ring (bicyclic) bond motifs is 5. The summed E-state index contributed by atoms with van der Waals surface area (Å²) in [5, 5.41) is 3.60. The smallest absolute Gasteiger partial charge is 0.120 e. The second-order valence-electron chi connectivity index (χ2n) is 6.95. The fourth-order valence-corrected chi connectivity index (χ4v) is 6.01. The fourth-order valence-electron chi connectivity index (χ4n) is 5.41. The molecule has 5 unspecified atom stereocenters. The van der Waals surface area contributed by atoms with Gasteiger partial charge in [-0.1, -0.05) is 22.0 Å². The van der Waals surface area contributed by atoms with Crippen LogP contribution in [-0.2, 0) is 0 Å². The zero-order valence-corrected chi connectivity index (χ0v) is 14.4. The van der Waals surface area contributed by atoms with E-state index in [9.17, 15) is 0 Å². The maximum absolute atomic E-state index is 5.60. The number of benzene rings is 1. The second-order valence-corrected chi connectivity index (χ2v) is 7.80. The second kappa shape index (κ2) is 5.27. The molecule has 0 saturated heterocycles. The van der Waals surface area contributed by atoms with Crippen molar-refractivity contribution in [1.29, 1.82) is 0 Å². The molecule has 3 fully saturated rings. The summed E-state index contributed by atoms with van der Waals surface area (Å²) in [6.45, 7) is 2.75. The Bertz CT molecular complexity index is 530. The molecule has 3 heteroatoms. The van der Waals surface area contributed by atoms with Crippen molar-refractivity contribution in [2.45, 2.75) is 32.2 Å². The van der Waals surface area contributed by atoms with Crippen LogP contribution in [0.2, 0.25) is 0 Å². The highest BCUT2D eigenvalue weighted by molar-refractivity contribution is 9.10. The van der Waals surface area contributed by atoms with Gasteiger partial charge in [0.1, 0.15) is 5.75 Å². The third kappa shape index (κ3) is 2.16. The van der Waals surface area contributed by atoms with Gasteiger partial charge in [-0.15, -0.1) is 0 Å². The summed E-state index contributed by atoms with van der Waals surface area (Å²) in [6.07, 6.45) is 4.50. The largest absolute Gasteiger partial charge is 0.494 e. The highest BCUT2D eigenvalue weighted by Crippen LogP contribution is 2.72. The van der Waals surface area contributed by atoms with Crippen molar-refractivity contribution in [3.63, 3.8) is 0 Å². The first-order chi connectivity index (χ1) is 10.2. The van der Waals surface area contributed by atoms with Gasteiger partial charge in [0.05, 0.1) is 6.61 Å². The summed E-state index contributed by atoms with van der Waals surface area (Å²) >= 11 is 3.76. The van der Waals surface area contributed by atoms with Crippen LogP contribution in [0.15, 0.2) is 22.7 Å². The van der Waals surface area contributed by atoms with Crippen molar-refractivity contribution in [3.8, 4) is 5.75 Å². The first kappa shape index (κ1) is 14.1. The minimum atomic E-state index is 0.494. The molecular formula is C18H24BrNO. The number of nitrogens with one attached hydrogen (secondary N) is 1. The van der Waals surface area contributed by atoms with Gasteiger partial charge in [0.25, 0.3) is 0 Å². The Morgan fingerprint density at radius 1 is 1.29 bits per heavy atom. The van der Waals surface area contributed by atoms with Crippen LogP contribution in [0.25, 0.3) is 0 Å². The third-order valence-electron chi connectivity index (χ3n) is 6.11. The minimum Gasteiger partial charge on any atom is -0.494 e. The van der Waals surface area contributed by atoms with E-state index in [0.717, 1.165) is 41.9 Å². The maximum atomic E-state index is 5.60. The van der Waals surface area contributed by atoms with Crippen molar-refractivity contribution in [1.82, 2.24) is 5.32 Å². The number of rotatable bonds is 5. The van der Waals surface area contributed by atoms with E-state index < -0.39 is 0 Å². The van der Waals surface area contributed by atoms with Crippen LogP contribution in [0.3, 0.4) is 0 Å². The lowest BCUT2D eigenvalue weighted by molar-refractivity contribution is 0.339. The van der Waals surface area contributed by atoms with Gasteiger partial charge in [-0.05, 0) is 80.5 Å². The van der Waals surface area contributed by atoms with Crippen molar-refractivity contribution < 1.29 is 4.74 Å². The Hall–Kier alpha value is -0.540. The number of hydrogen-bond donors (Lipinski definition) is 1. The van der Waals surface area contributed by atoms with E-state index in [4.69, 9.17) is 4.74 Å². The normalized spacial score (nSPS) is 37.4. The monoisotopic (exact) mass is 349 g/mol. The Labute approximate surface area is 135 Å². The molecule has 0 spiro atoms. The molecule has 21 heavy (non-hydrogen) atoms. The number of hydrogen-bond acceptors (Lipinski definition) is 2. The molecule has 3 aliphatic carbocycles. The molecule has 1 aromatic rings. The molecule has 0 aliphatic heterocycles. The van der Waals surface area contributed by atoms with Crippen molar-refractivity contribution in [2.75, 3.05) is 13.7 Å². The van der Waals surface area contributed by atoms with Crippen molar-refractivity contribution in [3.05, 3.63) is 28.2 Å². The standard InChI is InChI=1S/C18H24BrNO/c1-3-21-12-6-7-13(14(19)9-12)18(20-2)17-15-10-4-5-11(8-10)16(15)17/h6-7,9-11,15-18,20H,3-5,8H2,1-2H3. The van der Waals surface area contributed by atoms with Gasteiger partial charge in [-0.2, -0.15) is 0 Å². The Morgan fingerprint density at radius 2 is 2.00 bits per heavy atom. The van der Waals surface area contributed by atoms with Gasteiger partial charge in [0.15, 0.2) is 0 Å². The summed E-state index contributed by atoms with van der Waals surface area (Å²) in [6, 6.07) is 6.97. The molecular weight excluding hydrogens is 326 g/mol. The summed E-state index contributed by atoms with van der Waals surface area (Å²) in [5.74, 6) is 5.87. The molecule has 0 amide bonds. The summed E-state index contributed by atoms with van der Waals surface area (Å²) in [5.41, 5.74) is 1.40. The topological polar surface area (TPSA) is 21.3 Å². The van der Waals surface area contributed by atoms with E-state index in [1.54, 1.807) is 0 Å². The first-order valence-electron chi connectivity index (χ1n) is 8.34. The predicted molar refractivity (Wildman–Crippen MR) is 88.4 cm³/mol. The lowest BCUT2D eigenvalue weighted by Gasteiger charge is -2.22. The zero-order valence-electron chi connectivity index (χ0n) is 12.8. The highest BCUT2D eigenvalue weighted by Gasteiger charge is 2.66. The van der Waals surface area contributed by atoms with Crippen LogP contribution >= 0.6 is 15.9 Å². The van der Waals surface area contributed by atoms with Crippen LogP contribution < -0.4 is 10.1 Å². The molecule has 3 saturated carbocycles. The first-order valence-corrected chi connectivity index (χ1v) is 9.13. The van der Waals surface area contributed by atoms with Crippen LogP contribution in [0.4, 0.5) is 0 Å². The quantitative estimate of drug-likeness (QED) is 0.850. The Morgan fingerprint density at radius 3 is 2.57 bits per heavy atom. The zero-order chi connectivity index (χ0) is 14.6. The Kier molecular flexibility index (Phi) is 3.54. The van der Waals surface area contributed by atoms with E-state index in [2.05, 4.69) is 46.5 Å². The molecule has 2 nitrogen and oxygen atoms in total. The van der Waals surface area contributed by atoms with E-state index in [1.165, 1.54) is 29.3 Å². The van der Waals surface area contributed by atoms with E-state index in [-0.39, 0.29) is 0 Å². The highest BCUT2D eigenvalue weighted by atomic mass is 79.9. The van der Waals surface area contributed by atoms with Gasteiger partial charge in [-0.3, -0.25) is 0 Å². The average molecular weight is 350 g/mol. The molecule has 5 atom stereocenters. The molecule has 114 valence electrons.